The van der Waals surface area contributed by atoms with Gasteiger partial charge in [-0.15, -0.1) is 0 Å². The van der Waals surface area contributed by atoms with Crippen molar-refractivity contribution in [3.8, 4) is 0 Å². The molecule has 3 rings (SSSR count). The monoisotopic (exact) mass is 429 g/mol. The molecule has 2 aliphatic carbocycles. The van der Waals surface area contributed by atoms with E-state index in [1.54, 1.807) is 0 Å². The van der Waals surface area contributed by atoms with Crippen LogP contribution in [0, 0.1) is 17.3 Å². The molecule has 0 saturated heterocycles. The van der Waals surface area contributed by atoms with Crippen LogP contribution in [0.5, 0.6) is 0 Å². The van der Waals surface area contributed by atoms with Crippen LogP contribution in [0.15, 0.2) is 30.3 Å². The number of anilines is 1. The van der Waals surface area contributed by atoms with Gasteiger partial charge in [0.2, 0.25) is 0 Å². The molecule has 1 amide bonds. The van der Waals surface area contributed by atoms with Crippen molar-refractivity contribution in [2.75, 3.05) is 11.6 Å². The molecule has 31 heavy (non-hydrogen) atoms. The second-order valence-corrected chi connectivity index (χ2v) is 10.7. The van der Waals surface area contributed by atoms with Crippen molar-refractivity contribution >= 4 is 11.6 Å². The Labute approximate surface area is 188 Å². The summed E-state index contributed by atoms with van der Waals surface area (Å²) in [5, 5.41) is 12.5. The van der Waals surface area contributed by atoms with E-state index in [9.17, 15) is 9.90 Å². The number of hydrazine groups is 1. The van der Waals surface area contributed by atoms with Crippen LogP contribution in [0.3, 0.4) is 0 Å². The molecule has 5 heteroatoms. The van der Waals surface area contributed by atoms with Crippen LogP contribution in [0.4, 0.5) is 5.69 Å². The average Bonchev–Trinajstić information content (AvgIpc) is 2.76. The first kappa shape index (κ1) is 24.1. The maximum absolute atomic E-state index is 12.9. The van der Waals surface area contributed by atoms with Crippen LogP contribution in [-0.4, -0.2) is 29.7 Å². The van der Waals surface area contributed by atoms with E-state index in [2.05, 4.69) is 19.3 Å². The summed E-state index contributed by atoms with van der Waals surface area (Å²) in [5.74, 6) is 0.813. The zero-order valence-corrected chi connectivity index (χ0v) is 19.6. The van der Waals surface area contributed by atoms with Crippen LogP contribution >= 0.6 is 0 Å². The molecule has 2 aliphatic rings. The summed E-state index contributed by atoms with van der Waals surface area (Å²) in [4.78, 5) is 12.9. The Morgan fingerprint density at radius 1 is 1.13 bits per heavy atom. The fourth-order valence-electron chi connectivity index (χ4n) is 5.60. The number of carbonyl (C=O) groups is 1. The standard InChI is InChI=1S/C26H43N3O2/c1-26(2)16-9-12-21(19-26)15-17-29(22-13-7-4-8-14-22)28-25(31)24(30)23(27)18-20-10-5-3-6-11-20/h4,7-8,13-14,20-21,23-24,30H,3,5-6,9-12,15-19,27H2,1-2H3,(H,28,31)/t21?,23-,24?/m1/s1. The van der Waals surface area contributed by atoms with Gasteiger partial charge in [-0.25, -0.2) is 0 Å². The number of nitrogens with two attached hydrogens (primary N) is 1. The van der Waals surface area contributed by atoms with Gasteiger partial charge in [0.1, 0.15) is 6.10 Å². The first-order chi connectivity index (χ1) is 14.8. The maximum Gasteiger partial charge on any atom is 0.268 e. The molecular weight excluding hydrogens is 386 g/mol. The number of aliphatic hydroxyl groups is 1. The van der Waals surface area contributed by atoms with Gasteiger partial charge in [-0.3, -0.25) is 15.2 Å². The minimum atomic E-state index is -1.18. The van der Waals surface area contributed by atoms with Gasteiger partial charge in [0, 0.05) is 12.6 Å². The zero-order valence-electron chi connectivity index (χ0n) is 19.6. The van der Waals surface area contributed by atoms with E-state index in [1.165, 1.54) is 44.9 Å². The van der Waals surface area contributed by atoms with E-state index < -0.39 is 18.1 Å². The number of aliphatic hydroxyl groups excluding tert-OH is 1. The van der Waals surface area contributed by atoms with Crippen molar-refractivity contribution in [3.05, 3.63) is 30.3 Å². The molecule has 1 aromatic carbocycles. The van der Waals surface area contributed by atoms with Crippen LogP contribution in [0.25, 0.3) is 0 Å². The van der Waals surface area contributed by atoms with Crippen molar-refractivity contribution in [2.24, 2.45) is 23.0 Å². The molecule has 174 valence electrons. The SMILES string of the molecule is CC1(C)CCCC(CCN(NC(=O)C(O)[C@H](N)CC2CCCCC2)c2ccccc2)C1. The summed E-state index contributed by atoms with van der Waals surface area (Å²) >= 11 is 0. The van der Waals surface area contributed by atoms with E-state index in [4.69, 9.17) is 5.73 Å². The Hall–Kier alpha value is -1.59. The van der Waals surface area contributed by atoms with Gasteiger partial charge in [0.25, 0.3) is 5.91 Å². The molecule has 2 saturated carbocycles. The van der Waals surface area contributed by atoms with Gasteiger partial charge in [-0.1, -0.05) is 77.0 Å². The summed E-state index contributed by atoms with van der Waals surface area (Å²) in [6, 6.07) is 9.41. The lowest BCUT2D eigenvalue weighted by atomic mass is 9.71. The van der Waals surface area contributed by atoms with Gasteiger partial charge in [-0.05, 0) is 55.1 Å². The van der Waals surface area contributed by atoms with Gasteiger partial charge in [0.05, 0.1) is 5.69 Å². The molecule has 3 atom stereocenters. The van der Waals surface area contributed by atoms with Gasteiger partial charge >= 0.3 is 0 Å². The van der Waals surface area contributed by atoms with Crippen LogP contribution in [0.2, 0.25) is 0 Å². The van der Waals surface area contributed by atoms with E-state index >= 15 is 0 Å². The molecule has 2 unspecified atom stereocenters. The molecule has 0 aromatic heterocycles. The Kier molecular flexibility index (Phi) is 8.79. The van der Waals surface area contributed by atoms with Crippen molar-refractivity contribution in [1.82, 2.24) is 5.43 Å². The fraction of sp³-hybridized carbons (Fsp3) is 0.731. The quantitative estimate of drug-likeness (QED) is 0.493. The number of hydrogen-bond donors (Lipinski definition) is 3. The van der Waals surface area contributed by atoms with Crippen molar-refractivity contribution in [2.45, 2.75) is 96.6 Å². The van der Waals surface area contributed by atoms with Gasteiger partial charge in [0.15, 0.2) is 0 Å². The van der Waals surface area contributed by atoms with Gasteiger partial charge in [-0.2, -0.15) is 0 Å². The maximum atomic E-state index is 12.9. The lowest BCUT2D eigenvalue weighted by Gasteiger charge is -2.36. The minimum Gasteiger partial charge on any atom is -0.382 e. The highest BCUT2D eigenvalue weighted by molar-refractivity contribution is 5.82. The first-order valence-electron chi connectivity index (χ1n) is 12.4. The summed E-state index contributed by atoms with van der Waals surface area (Å²) in [7, 11) is 0. The number of nitrogens with one attached hydrogen (secondary N) is 1. The minimum absolute atomic E-state index is 0.392. The predicted molar refractivity (Wildman–Crippen MR) is 127 cm³/mol. The lowest BCUT2D eigenvalue weighted by Crippen LogP contribution is -2.53. The summed E-state index contributed by atoms with van der Waals surface area (Å²) < 4.78 is 0. The molecule has 0 aliphatic heterocycles. The molecule has 5 nitrogen and oxygen atoms in total. The number of amides is 1. The molecule has 0 spiro atoms. The third kappa shape index (κ3) is 7.50. The Morgan fingerprint density at radius 2 is 1.81 bits per heavy atom. The predicted octanol–water partition coefficient (Wildman–Crippen LogP) is 4.79. The Morgan fingerprint density at radius 3 is 2.48 bits per heavy atom. The second kappa shape index (κ2) is 11.3. The number of benzene rings is 1. The highest BCUT2D eigenvalue weighted by Gasteiger charge is 2.30. The number of para-hydroxylation sites is 1. The second-order valence-electron chi connectivity index (χ2n) is 10.7. The molecular formula is C26H43N3O2. The van der Waals surface area contributed by atoms with E-state index in [-0.39, 0.29) is 0 Å². The summed E-state index contributed by atoms with van der Waals surface area (Å²) in [6.07, 6.45) is 11.7. The topological polar surface area (TPSA) is 78.6 Å². The number of rotatable bonds is 9. The Balaban J connectivity index is 1.57. The fourth-order valence-corrected chi connectivity index (χ4v) is 5.60. The normalized spacial score (nSPS) is 23.7. The lowest BCUT2D eigenvalue weighted by molar-refractivity contribution is -0.130. The first-order valence-corrected chi connectivity index (χ1v) is 12.4. The number of hydrogen-bond acceptors (Lipinski definition) is 4. The molecule has 0 heterocycles. The molecule has 2 fully saturated rings. The molecule has 1 aromatic rings. The van der Waals surface area contributed by atoms with E-state index in [0.717, 1.165) is 37.9 Å². The van der Waals surface area contributed by atoms with Crippen LogP contribution < -0.4 is 16.2 Å². The number of nitrogens with zero attached hydrogens (tertiary/aromatic N) is 1. The summed E-state index contributed by atoms with van der Waals surface area (Å²) in [6.45, 7) is 5.46. The average molecular weight is 430 g/mol. The molecule has 4 N–H and O–H groups in total. The summed E-state index contributed by atoms with van der Waals surface area (Å²) in [5.41, 5.74) is 10.6. The molecule has 0 radical (unpaired) electrons. The highest BCUT2D eigenvalue weighted by Crippen LogP contribution is 2.40. The largest absolute Gasteiger partial charge is 0.382 e. The van der Waals surface area contributed by atoms with Crippen LogP contribution in [-0.2, 0) is 4.79 Å². The van der Waals surface area contributed by atoms with E-state index in [0.29, 0.717) is 17.3 Å². The van der Waals surface area contributed by atoms with Crippen molar-refractivity contribution < 1.29 is 9.90 Å². The van der Waals surface area contributed by atoms with Crippen LogP contribution in [0.1, 0.15) is 84.5 Å². The molecule has 0 bridgehead atoms. The Bertz CT molecular complexity index is 672. The third-order valence-electron chi connectivity index (χ3n) is 7.39. The number of carbonyl (C=O) groups excluding carboxylic acids is 1. The zero-order chi connectivity index (χ0) is 22.3. The van der Waals surface area contributed by atoms with Crippen molar-refractivity contribution in [1.29, 1.82) is 0 Å². The van der Waals surface area contributed by atoms with Crippen molar-refractivity contribution in [3.63, 3.8) is 0 Å². The van der Waals surface area contributed by atoms with E-state index in [1.807, 2.05) is 35.3 Å². The third-order valence-corrected chi connectivity index (χ3v) is 7.39. The smallest absolute Gasteiger partial charge is 0.268 e. The highest BCUT2D eigenvalue weighted by atomic mass is 16.3. The van der Waals surface area contributed by atoms with Gasteiger partial charge < -0.3 is 10.8 Å².